The molecule has 1 aromatic carbocycles. The largest absolute Gasteiger partial charge is 0.456 e. The predicted octanol–water partition coefficient (Wildman–Crippen LogP) is 3.62. The number of benzene rings is 1. The van der Waals surface area contributed by atoms with Crippen LogP contribution in [0.5, 0.6) is 0 Å². The van der Waals surface area contributed by atoms with Gasteiger partial charge in [-0.05, 0) is 18.6 Å². The van der Waals surface area contributed by atoms with Gasteiger partial charge in [0.2, 0.25) is 0 Å². The van der Waals surface area contributed by atoms with Crippen molar-refractivity contribution < 1.29 is 8.81 Å². The molecule has 0 spiro atoms. The van der Waals surface area contributed by atoms with Crippen LogP contribution < -0.4 is 5.73 Å². The van der Waals surface area contributed by atoms with E-state index in [0.717, 1.165) is 5.39 Å². The minimum absolute atomic E-state index is 0.0963. The molecule has 1 unspecified atom stereocenters. The van der Waals surface area contributed by atoms with Gasteiger partial charge < -0.3 is 10.2 Å². The molecular weight excluding hydrogens is 229 g/mol. The second kappa shape index (κ2) is 4.07. The van der Waals surface area contributed by atoms with Crippen molar-refractivity contribution in [3.8, 4) is 0 Å². The molecule has 1 atom stereocenters. The van der Waals surface area contributed by atoms with E-state index in [1.54, 1.807) is 25.1 Å². The summed E-state index contributed by atoms with van der Waals surface area (Å²) in [5.74, 6) is 0.251. The number of rotatable bonds is 3. The lowest BCUT2D eigenvalue weighted by Crippen LogP contribution is -2.28. The van der Waals surface area contributed by atoms with Gasteiger partial charge in [-0.3, -0.25) is 0 Å². The Bertz CT molecular complexity index is 505. The van der Waals surface area contributed by atoms with Gasteiger partial charge >= 0.3 is 0 Å². The smallest absolute Gasteiger partial charge is 0.180 e. The third-order valence-corrected chi connectivity index (χ3v) is 3.12. The first kappa shape index (κ1) is 11.4. The van der Waals surface area contributed by atoms with E-state index in [4.69, 9.17) is 21.8 Å². The number of halogens is 2. The lowest BCUT2D eigenvalue weighted by atomic mass is 10.00. The number of para-hydroxylation sites is 1. The van der Waals surface area contributed by atoms with Crippen LogP contribution in [0.3, 0.4) is 0 Å². The SMILES string of the molecule is CCC(F)(CN)c1cc2cccc(Cl)c2o1. The average Bonchev–Trinajstić information content (AvgIpc) is 2.74. The first-order valence-corrected chi connectivity index (χ1v) is 5.56. The molecule has 0 bridgehead atoms. The quantitative estimate of drug-likeness (QED) is 0.892. The van der Waals surface area contributed by atoms with Crippen molar-refractivity contribution in [2.75, 3.05) is 6.54 Å². The van der Waals surface area contributed by atoms with E-state index in [9.17, 15) is 4.39 Å². The third kappa shape index (κ3) is 1.70. The summed E-state index contributed by atoms with van der Waals surface area (Å²) in [6.07, 6.45) is 0.279. The molecule has 2 nitrogen and oxygen atoms in total. The molecule has 16 heavy (non-hydrogen) atoms. The number of hydrogen-bond acceptors (Lipinski definition) is 2. The summed E-state index contributed by atoms with van der Waals surface area (Å²) in [5, 5.41) is 1.28. The van der Waals surface area contributed by atoms with Crippen molar-refractivity contribution >= 4 is 22.6 Å². The second-order valence-electron chi connectivity index (χ2n) is 3.79. The van der Waals surface area contributed by atoms with E-state index in [0.29, 0.717) is 10.6 Å². The summed E-state index contributed by atoms with van der Waals surface area (Å²) >= 11 is 5.96. The van der Waals surface area contributed by atoms with Crippen LogP contribution in [0, 0.1) is 0 Å². The summed E-state index contributed by atoms with van der Waals surface area (Å²) in [4.78, 5) is 0. The highest BCUT2D eigenvalue weighted by atomic mass is 35.5. The van der Waals surface area contributed by atoms with Crippen LogP contribution in [0.1, 0.15) is 19.1 Å². The molecule has 2 rings (SSSR count). The lowest BCUT2D eigenvalue weighted by molar-refractivity contribution is 0.136. The zero-order chi connectivity index (χ0) is 11.8. The highest BCUT2D eigenvalue weighted by Gasteiger charge is 2.32. The second-order valence-corrected chi connectivity index (χ2v) is 4.20. The van der Waals surface area contributed by atoms with Crippen LogP contribution >= 0.6 is 11.6 Å². The van der Waals surface area contributed by atoms with E-state index >= 15 is 0 Å². The van der Waals surface area contributed by atoms with Gasteiger partial charge in [0.1, 0.15) is 5.76 Å². The number of fused-ring (bicyclic) bond motifs is 1. The number of hydrogen-bond donors (Lipinski definition) is 1. The molecule has 4 heteroatoms. The van der Waals surface area contributed by atoms with Crippen molar-refractivity contribution in [3.63, 3.8) is 0 Å². The molecule has 1 aromatic heterocycles. The standard InChI is InChI=1S/C12H13ClFNO/c1-2-12(14,7-15)10-6-8-4-3-5-9(13)11(8)16-10/h3-6H,2,7,15H2,1H3. The average molecular weight is 242 g/mol. The van der Waals surface area contributed by atoms with Gasteiger partial charge in [0, 0.05) is 11.9 Å². The predicted molar refractivity (Wildman–Crippen MR) is 63.4 cm³/mol. The van der Waals surface area contributed by atoms with Gasteiger partial charge in [0.15, 0.2) is 11.3 Å². The summed E-state index contributed by atoms with van der Waals surface area (Å²) in [7, 11) is 0. The molecule has 0 saturated heterocycles. The zero-order valence-electron chi connectivity index (χ0n) is 8.97. The van der Waals surface area contributed by atoms with E-state index in [1.807, 2.05) is 6.07 Å². The Morgan fingerprint density at radius 2 is 2.25 bits per heavy atom. The first-order chi connectivity index (χ1) is 7.60. The summed E-state index contributed by atoms with van der Waals surface area (Å²) in [5.41, 5.74) is 4.35. The Kier molecular flexibility index (Phi) is 2.91. The highest BCUT2D eigenvalue weighted by molar-refractivity contribution is 6.34. The Morgan fingerprint density at radius 3 is 2.81 bits per heavy atom. The Balaban J connectivity index is 2.59. The van der Waals surface area contributed by atoms with Gasteiger partial charge in [-0.1, -0.05) is 30.7 Å². The molecule has 0 aliphatic carbocycles. The molecule has 1 heterocycles. The third-order valence-electron chi connectivity index (χ3n) is 2.82. The number of nitrogens with two attached hydrogens (primary N) is 1. The molecular formula is C12H13ClFNO. The topological polar surface area (TPSA) is 39.2 Å². The lowest BCUT2D eigenvalue weighted by Gasteiger charge is -2.18. The minimum Gasteiger partial charge on any atom is -0.456 e. The molecule has 0 fully saturated rings. The van der Waals surface area contributed by atoms with Gasteiger partial charge in [-0.2, -0.15) is 0 Å². The fraction of sp³-hybridized carbons (Fsp3) is 0.333. The molecule has 0 saturated carbocycles. The van der Waals surface area contributed by atoms with Crippen LogP contribution in [0.15, 0.2) is 28.7 Å². The maximum Gasteiger partial charge on any atom is 0.180 e. The zero-order valence-corrected chi connectivity index (χ0v) is 9.72. The normalized spacial score (nSPS) is 15.2. The molecule has 0 aliphatic rings. The van der Waals surface area contributed by atoms with E-state index in [1.165, 1.54) is 0 Å². The summed E-state index contributed by atoms with van der Waals surface area (Å²) in [6, 6.07) is 7.02. The van der Waals surface area contributed by atoms with E-state index in [-0.39, 0.29) is 18.7 Å². The van der Waals surface area contributed by atoms with Gasteiger partial charge in [-0.15, -0.1) is 0 Å². The van der Waals surface area contributed by atoms with Crippen molar-refractivity contribution in [1.82, 2.24) is 0 Å². The molecule has 0 radical (unpaired) electrons. The van der Waals surface area contributed by atoms with Crippen molar-refractivity contribution in [2.45, 2.75) is 19.0 Å². The minimum atomic E-state index is -1.61. The van der Waals surface area contributed by atoms with Crippen molar-refractivity contribution in [1.29, 1.82) is 0 Å². The summed E-state index contributed by atoms with van der Waals surface area (Å²) in [6.45, 7) is 1.64. The summed E-state index contributed by atoms with van der Waals surface area (Å²) < 4.78 is 19.7. The van der Waals surface area contributed by atoms with Crippen molar-refractivity contribution in [3.05, 3.63) is 35.0 Å². The first-order valence-electron chi connectivity index (χ1n) is 5.18. The fourth-order valence-corrected chi connectivity index (χ4v) is 1.89. The van der Waals surface area contributed by atoms with Gasteiger partial charge in [-0.25, -0.2) is 4.39 Å². The number of alkyl halides is 1. The van der Waals surface area contributed by atoms with Crippen LogP contribution in [0.25, 0.3) is 11.0 Å². The van der Waals surface area contributed by atoms with E-state index in [2.05, 4.69) is 0 Å². The van der Waals surface area contributed by atoms with Crippen LogP contribution in [0.4, 0.5) is 4.39 Å². The van der Waals surface area contributed by atoms with Crippen LogP contribution in [-0.2, 0) is 5.67 Å². The monoisotopic (exact) mass is 241 g/mol. The molecule has 0 amide bonds. The Labute approximate surface area is 98.2 Å². The fourth-order valence-electron chi connectivity index (χ4n) is 1.67. The van der Waals surface area contributed by atoms with Gasteiger partial charge in [0.25, 0.3) is 0 Å². The maximum atomic E-state index is 14.3. The van der Waals surface area contributed by atoms with Gasteiger partial charge in [0.05, 0.1) is 5.02 Å². The van der Waals surface area contributed by atoms with Crippen molar-refractivity contribution in [2.24, 2.45) is 5.73 Å². The maximum absolute atomic E-state index is 14.3. The molecule has 0 aliphatic heterocycles. The highest BCUT2D eigenvalue weighted by Crippen LogP contribution is 2.35. The van der Waals surface area contributed by atoms with Crippen LogP contribution in [-0.4, -0.2) is 6.54 Å². The number of furan rings is 1. The molecule has 2 aromatic rings. The van der Waals surface area contributed by atoms with Crippen LogP contribution in [0.2, 0.25) is 5.02 Å². The Hall–Kier alpha value is -1.06. The molecule has 86 valence electrons. The van der Waals surface area contributed by atoms with E-state index < -0.39 is 5.67 Å². The molecule has 2 N–H and O–H groups in total. The Morgan fingerprint density at radius 1 is 1.50 bits per heavy atom.